The van der Waals surface area contributed by atoms with Gasteiger partial charge in [0.2, 0.25) is 5.91 Å². The minimum Gasteiger partial charge on any atom is -0.497 e. The zero-order valence-electron chi connectivity index (χ0n) is 16.8. The Morgan fingerprint density at radius 1 is 1.21 bits per heavy atom. The molecule has 2 aliphatic heterocycles. The van der Waals surface area contributed by atoms with Crippen molar-refractivity contribution >= 4 is 30.7 Å². The number of benzene rings is 1. The number of nitrogens with zero attached hydrogens (tertiary/aromatic N) is 1. The molecule has 28 heavy (non-hydrogen) atoms. The number of piperidine rings is 1. The molecule has 0 spiro atoms. The summed E-state index contributed by atoms with van der Waals surface area (Å²) in [5.74, 6) is 1.73. The van der Waals surface area contributed by atoms with Gasteiger partial charge in [0.05, 0.1) is 13.2 Å². The van der Waals surface area contributed by atoms with Crippen molar-refractivity contribution in [1.82, 2.24) is 15.5 Å². The lowest BCUT2D eigenvalue weighted by molar-refractivity contribution is -0.121. The predicted molar refractivity (Wildman–Crippen MR) is 119 cm³/mol. The van der Waals surface area contributed by atoms with Crippen LogP contribution in [0.4, 0.5) is 0 Å². The summed E-state index contributed by atoms with van der Waals surface area (Å²) in [4.78, 5) is 14.9. The fraction of sp³-hybridized carbons (Fsp3) is 0.667. The Morgan fingerprint density at radius 2 is 1.93 bits per heavy atom. The first kappa shape index (κ1) is 25.0. The van der Waals surface area contributed by atoms with Gasteiger partial charge in [-0.15, -0.1) is 24.8 Å². The predicted octanol–water partition coefficient (Wildman–Crippen LogP) is 3.57. The van der Waals surface area contributed by atoms with Crippen LogP contribution in [-0.4, -0.2) is 50.6 Å². The van der Waals surface area contributed by atoms with E-state index in [4.69, 9.17) is 4.74 Å². The molecule has 2 heterocycles. The Balaban J connectivity index is 0.00000196. The molecule has 5 nitrogen and oxygen atoms in total. The highest BCUT2D eigenvalue weighted by molar-refractivity contribution is 5.85. The quantitative estimate of drug-likeness (QED) is 0.660. The first-order valence-electron chi connectivity index (χ1n) is 10.1. The van der Waals surface area contributed by atoms with E-state index in [-0.39, 0.29) is 36.8 Å². The molecular formula is C21H35Cl2N3O2. The third kappa shape index (κ3) is 7.43. The number of carbonyl (C=O) groups is 1. The molecule has 1 amide bonds. The Kier molecular flexibility index (Phi) is 11.8. The zero-order valence-corrected chi connectivity index (χ0v) is 18.5. The Labute approximate surface area is 181 Å². The van der Waals surface area contributed by atoms with Crippen molar-refractivity contribution in [1.29, 1.82) is 0 Å². The lowest BCUT2D eigenvalue weighted by Crippen LogP contribution is -2.40. The number of likely N-dealkylation sites (tertiary alicyclic amines) is 1. The van der Waals surface area contributed by atoms with E-state index in [1.54, 1.807) is 7.11 Å². The number of hydrogen-bond donors (Lipinski definition) is 2. The summed E-state index contributed by atoms with van der Waals surface area (Å²) in [6, 6.07) is 8.55. The van der Waals surface area contributed by atoms with Gasteiger partial charge in [0.25, 0.3) is 0 Å². The Bertz CT molecular complexity index is 559. The van der Waals surface area contributed by atoms with E-state index in [0.29, 0.717) is 18.9 Å². The highest BCUT2D eigenvalue weighted by Crippen LogP contribution is 2.26. The van der Waals surface area contributed by atoms with Gasteiger partial charge in [0.15, 0.2) is 0 Å². The maximum absolute atomic E-state index is 12.3. The van der Waals surface area contributed by atoms with Crippen LogP contribution >= 0.6 is 24.8 Å². The highest BCUT2D eigenvalue weighted by Gasteiger charge is 2.23. The number of amides is 1. The van der Waals surface area contributed by atoms with Crippen LogP contribution in [0.5, 0.6) is 5.75 Å². The summed E-state index contributed by atoms with van der Waals surface area (Å²) < 4.78 is 5.28. The number of carbonyl (C=O) groups excluding carboxylic acids is 1. The van der Waals surface area contributed by atoms with Gasteiger partial charge in [-0.25, -0.2) is 0 Å². The summed E-state index contributed by atoms with van der Waals surface area (Å²) in [7, 11) is 1.69. The average molecular weight is 432 g/mol. The topological polar surface area (TPSA) is 53.6 Å². The van der Waals surface area contributed by atoms with E-state index in [9.17, 15) is 4.79 Å². The molecule has 3 rings (SSSR count). The normalized spacial score (nSPS) is 20.5. The molecule has 0 saturated carbocycles. The van der Waals surface area contributed by atoms with Gasteiger partial charge >= 0.3 is 0 Å². The summed E-state index contributed by atoms with van der Waals surface area (Å²) in [5.41, 5.74) is 1.26. The van der Waals surface area contributed by atoms with Gasteiger partial charge in [-0.1, -0.05) is 18.6 Å². The molecule has 1 aromatic rings. The first-order chi connectivity index (χ1) is 12.8. The largest absolute Gasteiger partial charge is 0.497 e. The molecule has 0 radical (unpaired) electrons. The molecule has 160 valence electrons. The van der Waals surface area contributed by atoms with E-state index < -0.39 is 0 Å². The van der Waals surface area contributed by atoms with Crippen LogP contribution in [0, 0.1) is 5.92 Å². The maximum Gasteiger partial charge on any atom is 0.220 e. The zero-order chi connectivity index (χ0) is 18.2. The van der Waals surface area contributed by atoms with Crippen LogP contribution < -0.4 is 15.4 Å². The SMILES string of the molecule is COc1ccc(C(CNC(=O)CCC2CCNC2)N2CCCCC2)cc1.Cl.Cl. The van der Waals surface area contributed by atoms with Crippen molar-refractivity contribution in [3.05, 3.63) is 29.8 Å². The molecule has 2 saturated heterocycles. The fourth-order valence-corrected chi connectivity index (χ4v) is 4.11. The molecule has 0 aliphatic carbocycles. The molecule has 2 N–H and O–H groups in total. The Morgan fingerprint density at radius 3 is 2.54 bits per heavy atom. The van der Waals surface area contributed by atoms with Crippen molar-refractivity contribution in [2.24, 2.45) is 5.92 Å². The molecule has 0 aromatic heterocycles. The molecule has 1 aromatic carbocycles. The van der Waals surface area contributed by atoms with Crippen molar-refractivity contribution in [3.63, 3.8) is 0 Å². The lowest BCUT2D eigenvalue weighted by Gasteiger charge is -2.35. The molecule has 2 fully saturated rings. The van der Waals surface area contributed by atoms with E-state index in [1.165, 1.54) is 31.2 Å². The van der Waals surface area contributed by atoms with E-state index >= 15 is 0 Å². The van der Waals surface area contributed by atoms with Crippen molar-refractivity contribution in [3.8, 4) is 5.75 Å². The maximum atomic E-state index is 12.3. The van der Waals surface area contributed by atoms with Gasteiger partial charge in [0, 0.05) is 13.0 Å². The smallest absolute Gasteiger partial charge is 0.220 e. The third-order valence-corrected chi connectivity index (χ3v) is 5.77. The van der Waals surface area contributed by atoms with Gasteiger partial charge in [-0.05, 0) is 75.5 Å². The van der Waals surface area contributed by atoms with Gasteiger partial charge in [-0.2, -0.15) is 0 Å². The minimum atomic E-state index is 0. The van der Waals surface area contributed by atoms with Crippen LogP contribution in [0.2, 0.25) is 0 Å². The monoisotopic (exact) mass is 431 g/mol. The molecule has 2 unspecified atom stereocenters. The molecule has 2 aliphatic rings. The number of hydrogen-bond acceptors (Lipinski definition) is 4. The van der Waals surface area contributed by atoms with E-state index in [1.807, 2.05) is 12.1 Å². The summed E-state index contributed by atoms with van der Waals surface area (Å²) in [5, 5.41) is 6.57. The van der Waals surface area contributed by atoms with Crippen LogP contribution in [0.25, 0.3) is 0 Å². The van der Waals surface area contributed by atoms with Gasteiger partial charge in [-0.3, -0.25) is 9.69 Å². The molecular weight excluding hydrogens is 397 g/mol. The Hall–Kier alpha value is -1.01. The fourth-order valence-electron chi connectivity index (χ4n) is 4.11. The summed E-state index contributed by atoms with van der Waals surface area (Å²) >= 11 is 0. The first-order valence-corrected chi connectivity index (χ1v) is 10.1. The molecule has 7 heteroatoms. The van der Waals surface area contributed by atoms with E-state index in [2.05, 4.69) is 27.7 Å². The third-order valence-electron chi connectivity index (χ3n) is 5.77. The minimum absolute atomic E-state index is 0. The van der Waals surface area contributed by atoms with Crippen LogP contribution in [0.15, 0.2) is 24.3 Å². The molecule has 0 bridgehead atoms. The van der Waals surface area contributed by atoms with Crippen LogP contribution in [0.1, 0.15) is 50.1 Å². The second-order valence-corrected chi connectivity index (χ2v) is 7.59. The number of rotatable bonds is 8. The van der Waals surface area contributed by atoms with Gasteiger partial charge < -0.3 is 15.4 Å². The number of halogens is 2. The van der Waals surface area contributed by atoms with Crippen molar-refractivity contribution in [2.45, 2.75) is 44.6 Å². The van der Waals surface area contributed by atoms with E-state index in [0.717, 1.165) is 38.3 Å². The number of nitrogens with one attached hydrogen (secondary N) is 2. The van der Waals surface area contributed by atoms with Gasteiger partial charge in [0.1, 0.15) is 5.75 Å². The number of ether oxygens (including phenoxy) is 1. The van der Waals surface area contributed by atoms with Crippen molar-refractivity contribution in [2.75, 3.05) is 39.8 Å². The lowest BCUT2D eigenvalue weighted by atomic mass is 10.0. The van der Waals surface area contributed by atoms with Crippen LogP contribution in [-0.2, 0) is 4.79 Å². The summed E-state index contributed by atoms with van der Waals surface area (Å²) in [6.45, 7) is 5.07. The van der Waals surface area contributed by atoms with Crippen LogP contribution in [0.3, 0.4) is 0 Å². The summed E-state index contributed by atoms with van der Waals surface area (Å²) in [6.07, 6.45) is 6.64. The second kappa shape index (κ2) is 13.3. The second-order valence-electron chi connectivity index (χ2n) is 7.59. The standard InChI is InChI=1S/C21H33N3O2.2ClH/c1-26-19-8-6-18(7-9-19)20(24-13-3-2-4-14-24)16-23-21(25)10-5-17-11-12-22-15-17;;/h6-9,17,20,22H,2-5,10-16H2,1H3,(H,23,25);2*1H. The van der Waals surface area contributed by atoms with Crippen molar-refractivity contribution < 1.29 is 9.53 Å². The number of methoxy groups -OCH3 is 1. The highest BCUT2D eigenvalue weighted by atomic mass is 35.5. The molecule has 2 atom stereocenters. The average Bonchev–Trinajstić information content (AvgIpc) is 3.21.